The van der Waals surface area contributed by atoms with Crippen LogP contribution in [0.3, 0.4) is 0 Å². The molecule has 1 aliphatic rings. The van der Waals surface area contributed by atoms with E-state index in [9.17, 15) is 9.18 Å². The fourth-order valence-corrected chi connectivity index (χ4v) is 2.87. The zero-order valence-corrected chi connectivity index (χ0v) is 12.5. The van der Waals surface area contributed by atoms with Gasteiger partial charge in [-0.15, -0.1) is 0 Å². The second kappa shape index (κ2) is 6.48. The Morgan fingerprint density at radius 2 is 2.37 bits per heavy atom. The minimum absolute atomic E-state index is 0.149. The molecule has 0 aromatic heterocycles. The fourth-order valence-electron chi connectivity index (χ4n) is 2.49. The van der Waals surface area contributed by atoms with Gasteiger partial charge in [0, 0.05) is 18.2 Å². The summed E-state index contributed by atoms with van der Waals surface area (Å²) in [6.07, 6.45) is 2.32. The Bertz CT molecular complexity index is 467. The van der Waals surface area contributed by atoms with Crippen molar-refractivity contribution in [1.29, 1.82) is 0 Å². The number of carbonyl (C=O) groups excluding carboxylic acids is 1. The SMILES string of the molecule is CCN1CCCC1CNC(=O)c1ccc(F)c(Br)c1. The Balaban J connectivity index is 1.92. The number of nitrogens with zero attached hydrogens (tertiary/aromatic N) is 1. The average Bonchev–Trinajstić information content (AvgIpc) is 2.86. The van der Waals surface area contributed by atoms with Crippen molar-refractivity contribution in [3.63, 3.8) is 0 Å². The number of halogens is 2. The van der Waals surface area contributed by atoms with Gasteiger partial charge in [0.1, 0.15) is 5.82 Å². The Morgan fingerprint density at radius 1 is 1.58 bits per heavy atom. The molecule has 1 aromatic carbocycles. The van der Waals surface area contributed by atoms with Crippen LogP contribution in [0.5, 0.6) is 0 Å². The third-order valence-electron chi connectivity index (χ3n) is 3.59. The maximum absolute atomic E-state index is 13.1. The van der Waals surface area contributed by atoms with Crippen molar-refractivity contribution in [1.82, 2.24) is 10.2 Å². The number of nitrogens with one attached hydrogen (secondary N) is 1. The van der Waals surface area contributed by atoms with Gasteiger partial charge in [-0.2, -0.15) is 0 Å². The predicted molar refractivity (Wildman–Crippen MR) is 76.7 cm³/mol. The lowest BCUT2D eigenvalue weighted by Gasteiger charge is -2.22. The second-order valence-corrected chi connectivity index (χ2v) is 5.62. The Morgan fingerprint density at radius 3 is 3.05 bits per heavy atom. The summed E-state index contributed by atoms with van der Waals surface area (Å²) in [6.45, 7) is 4.92. The van der Waals surface area contributed by atoms with Crippen molar-refractivity contribution < 1.29 is 9.18 Å². The molecule has 2 rings (SSSR count). The van der Waals surface area contributed by atoms with Crippen molar-refractivity contribution in [2.24, 2.45) is 0 Å². The number of hydrogen-bond acceptors (Lipinski definition) is 2. The molecule has 1 amide bonds. The van der Waals surface area contributed by atoms with E-state index in [4.69, 9.17) is 0 Å². The van der Waals surface area contributed by atoms with E-state index in [1.54, 1.807) is 0 Å². The number of carbonyl (C=O) groups is 1. The molecule has 0 spiro atoms. The first kappa shape index (κ1) is 14.5. The van der Waals surface area contributed by atoms with E-state index in [0.717, 1.165) is 19.5 Å². The summed E-state index contributed by atoms with van der Waals surface area (Å²) in [5.74, 6) is -0.506. The number of rotatable bonds is 4. The summed E-state index contributed by atoms with van der Waals surface area (Å²) >= 11 is 3.09. The van der Waals surface area contributed by atoms with Crippen LogP contribution in [0.25, 0.3) is 0 Å². The van der Waals surface area contributed by atoms with E-state index in [2.05, 4.69) is 33.1 Å². The molecular formula is C14H18BrFN2O. The lowest BCUT2D eigenvalue weighted by Crippen LogP contribution is -2.40. The van der Waals surface area contributed by atoms with Crippen molar-refractivity contribution in [2.45, 2.75) is 25.8 Å². The van der Waals surface area contributed by atoms with Gasteiger partial charge in [0.05, 0.1) is 4.47 Å². The topological polar surface area (TPSA) is 32.3 Å². The number of likely N-dealkylation sites (tertiary alicyclic amines) is 1. The maximum atomic E-state index is 13.1. The van der Waals surface area contributed by atoms with Crippen LogP contribution >= 0.6 is 15.9 Å². The molecule has 0 aliphatic carbocycles. The fraction of sp³-hybridized carbons (Fsp3) is 0.500. The number of hydrogen-bond donors (Lipinski definition) is 1. The molecule has 1 aliphatic heterocycles. The Hall–Kier alpha value is -0.940. The first-order valence-corrected chi connectivity index (χ1v) is 7.38. The molecule has 0 saturated carbocycles. The van der Waals surface area contributed by atoms with Gasteiger partial charge in [0.25, 0.3) is 5.91 Å². The summed E-state index contributed by atoms with van der Waals surface area (Å²) in [6, 6.07) is 4.74. The Labute approximate surface area is 121 Å². The van der Waals surface area contributed by atoms with Crippen LogP contribution < -0.4 is 5.32 Å². The molecule has 5 heteroatoms. The first-order valence-electron chi connectivity index (χ1n) is 6.59. The smallest absolute Gasteiger partial charge is 0.251 e. The van der Waals surface area contributed by atoms with Gasteiger partial charge in [-0.3, -0.25) is 9.69 Å². The van der Waals surface area contributed by atoms with Crippen molar-refractivity contribution >= 4 is 21.8 Å². The molecule has 19 heavy (non-hydrogen) atoms. The lowest BCUT2D eigenvalue weighted by atomic mass is 10.2. The van der Waals surface area contributed by atoms with Crippen LogP contribution in [0, 0.1) is 5.82 Å². The Kier molecular flexibility index (Phi) is 4.93. The highest BCUT2D eigenvalue weighted by Crippen LogP contribution is 2.18. The van der Waals surface area contributed by atoms with Gasteiger partial charge in [-0.1, -0.05) is 6.92 Å². The van der Waals surface area contributed by atoms with Crippen molar-refractivity contribution in [3.8, 4) is 0 Å². The van der Waals surface area contributed by atoms with Gasteiger partial charge in [0.2, 0.25) is 0 Å². The standard InChI is InChI=1S/C14H18BrFN2O/c1-2-18-7-3-4-11(18)9-17-14(19)10-5-6-13(16)12(15)8-10/h5-6,8,11H,2-4,7,9H2,1H3,(H,17,19). The van der Waals surface area contributed by atoms with Gasteiger partial charge in [-0.25, -0.2) is 4.39 Å². The molecule has 1 N–H and O–H groups in total. The van der Waals surface area contributed by atoms with Crippen LogP contribution in [0.1, 0.15) is 30.1 Å². The lowest BCUT2D eigenvalue weighted by molar-refractivity contribution is 0.0941. The molecule has 1 atom stereocenters. The van der Waals surface area contributed by atoms with E-state index < -0.39 is 0 Å². The monoisotopic (exact) mass is 328 g/mol. The number of benzene rings is 1. The van der Waals surface area contributed by atoms with Gasteiger partial charge >= 0.3 is 0 Å². The first-order chi connectivity index (χ1) is 9.11. The molecule has 1 unspecified atom stereocenters. The van der Waals surface area contributed by atoms with Crippen LogP contribution in [-0.4, -0.2) is 36.5 Å². The van der Waals surface area contributed by atoms with E-state index in [1.807, 2.05) is 0 Å². The van der Waals surface area contributed by atoms with E-state index >= 15 is 0 Å². The minimum atomic E-state index is -0.357. The highest BCUT2D eigenvalue weighted by atomic mass is 79.9. The summed E-state index contributed by atoms with van der Waals surface area (Å²) in [5, 5.41) is 2.93. The van der Waals surface area contributed by atoms with Crippen LogP contribution in [0.2, 0.25) is 0 Å². The zero-order valence-electron chi connectivity index (χ0n) is 11.0. The molecule has 0 radical (unpaired) electrons. The molecule has 1 saturated heterocycles. The summed E-state index contributed by atoms with van der Waals surface area (Å²) in [7, 11) is 0. The molecule has 1 fully saturated rings. The average molecular weight is 329 g/mol. The number of amides is 1. The van der Waals surface area contributed by atoms with E-state index in [-0.39, 0.29) is 11.7 Å². The van der Waals surface area contributed by atoms with Gasteiger partial charge in [-0.05, 0) is 60.1 Å². The molecule has 104 valence electrons. The maximum Gasteiger partial charge on any atom is 0.251 e. The quantitative estimate of drug-likeness (QED) is 0.921. The summed E-state index contributed by atoms with van der Waals surface area (Å²) in [4.78, 5) is 14.4. The summed E-state index contributed by atoms with van der Waals surface area (Å²) < 4.78 is 13.4. The van der Waals surface area contributed by atoms with Crippen molar-refractivity contribution in [2.75, 3.05) is 19.6 Å². The third kappa shape index (κ3) is 3.54. The van der Waals surface area contributed by atoms with E-state index in [1.165, 1.54) is 24.6 Å². The predicted octanol–water partition coefficient (Wildman–Crippen LogP) is 2.80. The third-order valence-corrected chi connectivity index (χ3v) is 4.19. The largest absolute Gasteiger partial charge is 0.350 e. The normalized spacial score (nSPS) is 19.6. The van der Waals surface area contributed by atoms with Gasteiger partial charge < -0.3 is 5.32 Å². The minimum Gasteiger partial charge on any atom is -0.350 e. The molecule has 0 bridgehead atoms. The zero-order chi connectivity index (χ0) is 13.8. The molecule has 1 heterocycles. The van der Waals surface area contributed by atoms with Gasteiger partial charge in [0.15, 0.2) is 0 Å². The van der Waals surface area contributed by atoms with E-state index in [0.29, 0.717) is 22.6 Å². The second-order valence-electron chi connectivity index (χ2n) is 4.76. The number of likely N-dealkylation sites (N-methyl/N-ethyl adjacent to an activating group) is 1. The molecular weight excluding hydrogens is 311 g/mol. The molecule has 3 nitrogen and oxygen atoms in total. The van der Waals surface area contributed by atoms with Crippen LogP contribution in [0.15, 0.2) is 22.7 Å². The molecule has 1 aromatic rings. The highest BCUT2D eigenvalue weighted by molar-refractivity contribution is 9.10. The van der Waals surface area contributed by atoms with Crippen LogP contribution in [0.4, 0.5) is 4.39 Å². The highest BCUT2D eigenvalue weighted by Gasteiger charge is 2.23. The van der Waals surface area contributed by atoms with Crippen molar-refractivity contribution in [3.05, 3.63) is 34.1 Å². The summed E-state index contributed by atoms with van der Waals surface area (Å²) in [5.41, 5.74) is 0.481. The van der Waals surface area contributed by atoms with Crippen LogP contribution in [-0.2, 0) is 0 Å².